The molecule has 0 N–H and O–H groups in total. The third kappa shape index (κ3) is 18.2. The third-order valence-corrected chi connectivity index (χ3v) is 0.695. The van der Waals surface area contributed by atoms with Crippen LogP contribution in [-0.2, 0) is 0 Å². The molecule has 0 bridgehead atoms. The van der Waals surface area contributed by atoms with Crippen molar-refractivity contribution in [2.45, 2.75) is 20.8 Å². The smallest absolute Gasteiger partial charge is 0.0596 e. The number of nitrogens with zero attached hydrogens (tertiary/aromatic N) is 1. The zero-order valence-corrected chi connectivity index (χ0v) is 7.46. The van der Waals surface area contributed by atoms with E-state index in [0.29, 0.717) is 0 Å². The van der Waals surface area contributed by atoms with Crippen molar-refractivity contribution in [2.75, 3.05) is 6.26 Å². The molecule has 0 aliphatic carbocycles. The van der Waals surface area contributed by atoms with E-state index < -0.39 is 0 Å². The lowest BCUT2D eigenvalue weighted by molar-refractivity contribution is 1.35. The van der Waals surface area contributed by atoms with Crippen LogP contribution in [0.5, 0.6) is 0 Å². The molecule has 0 aromatic heterocycles. The summed E-state index contributed by atoms with van der Waals surface area (Å²) in [6, 6.07) is 0. The van der Waals surface area contributed by atoms with E-state index in [0.717, 1.165) is 5.70 Å². The molecule has 0 saturated heterocycles. The van der Waals surface area contributed by atoms with Gasteiger partial charge in [0.2, 0.25) is 0 Å². The summed E-state index contributed by atoms with van der Waals surface area (Å²) in [4.78, 5) is 3.89. The molecular weight excluding hydrogens is 130 g/mol. The second kappa shape index (κ2) is 10.7. The lowest BCUT2D eigenvalue weighted by Gasteiger charge is -1.80. The Bertz CT molecular complexity index is 86.9. The fourth-order valence-corrected chi connectivity index (χ4v) is 0.428. The molecule has 0 amide bonds. The Morgan fingerprint density at radius 3 is 2.11 bits per heavy atom. The normalized spacial score (nSPS) is 8.44. The van der Waals surface area contributed by atoms with E-state index in [9.17, 15) is 0 Å². The average Bonchev–Trinajstić information content (AvgIpc) is 1.88. The highest BCUT2D eigenvalue weighted by Crippen LogP contribution is 1.90. The molecular formula is C7H15NS. The highest BCUT2D eigenvalue weighted by atomic mass is 32.2. The van der Waals surface area contributed by atoms with Crippen molar-refractivity contribution in [3.05, 3.63) is 12.3 Å². The van der Waals surface area contributed by atoms with Crippen LogP contribution in [0.1, 0.15) is 20.8 Å². The van der Waals surface area contributed by atoms with Crippen molar-refractivity contribution < 1.29 is 0 Å². The zero-order chi connectivity index (χ0) is 7.70. The predicted octanol–water partition coefficient (Wildman–Crippen LogP) is 2.94. The van der Waals surface area contributed by atoms with Gasteiger partial charge in [-0.15, -0.1) is 11.8 Å². The van der Waals surface area contributed by atoms with E-state index in [-0.39, 0.29) is 0 Å². The van der Waals surface area contributed by atoms with Crippen molar-refractivity contribution in [3.8, 4) is 0 Å². The van der Waals surface area contributed by atoms with Gasteiger partial charge < -0.3 is 0 Å². The molecule has 0 aromatic rings. The lowest BCUT2D eigenvalue weighted by atomic mass is 10.6. The molecule has 0 unspecified atom stereocenters. The Morgan fingerprint density at radius 2 is 2.00 bits per heavy atom. The fraction of sp³-hybridized carbons (Fsp3) is 0.571. The predicted molar refractivity (Wildman–Crippen MR) is 48.2 cm³/mol. The maximum absolute atomic E-state index is 3.89. The first-order chi connectivity index (χ1) is 4.27. The van der Waals surface area contributed by atoms with E-state index in [2.05, 4.69) is 11.6 Å². The van der Waals surface area contributed by atoms with Gasteiger partial charge in [-0.25, -0.2) is 0 Å². The Labute approximate surface area is 62.3 Å². The van der Waals surface area contributed by atoms with Crippen LogP contribution in [0.25, 0.3) is 0 Å². The van der Waals surface area contributed by atoms with Crippen molar-refractivity contribution in [3.63, 3.8) is 0 Å². The summed E-state index contributed by atoms with van der Waals surface area (Å²) in [5, 5.41) is 0. The van der Waals surface area contributed by atoms with Crippen LogP contribution in [0.3, 0.4) is 0 Å². The lowest BCUT2D eigenvalue weighted by Crippen LogP contribution is -1.62. The van der Waals surface area contributed by atoms with Gasteiger partial charge in [0, 0.05) is 5.70 Å². The SMILES string of the molecule is C=C(C)N=CSC.CC. The molecule has 0 aliphatic rings. The van der Waals surface area contributed by atoms with Crippen LogP contribution in [0, 0.1) is 0 Å². The number of rotatable bonds is 2. The number of aliphatic imine (C=N–C) groups is 1. The first kappa shape index (κ1) is 11.5. The van der Waals surface area contributed by atoms with Gasteiger partial charge in [0.25, 0.3) is 0 Å². The van der Waals surface area contributed by atoms with Gasteiger partial charge >= 0.3 is 0 Å². The molecule has 0 heterocycles. The Kier molecular flexibility index (Phi) is 13.7. The third-order valence-electron chi connectivity index (χ3n) is 0.379. The molecule has 0 fully saturated rings. The Hall–Kier alpha value is -0.240. The number of hydrogen-bond donors (Lipinski definition) is 0. The van der Waals surface area contributed by atoms with E-state index in [1.807, 2.05) is 27.0 Å². The zero-order valence-electron chi connectivity index (χ0n) is 6.64. The topological polar surface area (TPSA) is 12.4 Å². The first-order valence-electron chi connectivity index (χ1n) is 2.98. The minimum absolute atomic E-state index is 0.856. The minimum Gasteiger partial charge on any atom is -0.255 e. The van der Waals surface area contributed by atoms with Gasteiger partial charge in [0.1, 0.15) is 0 Å². The standard InChI is InChI=1S/C5H9NS.C2H6/c1-5(2)6-4-7-3;1-2/h4H,1H2,2-3H3;1-2H3. The van der Waals surface area contributed by atoms with Gasteiger partial charge in [-0.3, -0.25) is 4.99 Å². The monoisotopic (exact) mass is 145 g/mol. The molecule has 0 saturated carbocycles. The summed E-state index contributed by atoms with van der Waals surface area (Å²) in [6.45, 7) is 9.45. The molecule has 0 aliphatic heterocycles. The summed E-state index contributed by atoms with van der Waals surface area (Å²) in [5.41, 5.74) is 2.62. The molecule has 0 spiro atoms. The maximum atomic E-state index is 3.89. The highest BCUT2D eigenvalue weighted by Gasteiger charge is 1.68. The second-order valence-electron chi connectivity index (χ2n) is 1.21. The first-order valence-corrected chi connectivity index (χ1v) is 4.27. The number of hydrogen-bond acceptors (Lipinski definition) is 2. The van der Waals surface area contributed by atoms with Gasteiger partial charge in [0.05, 0.1) is 5.55 Å². The van der Waals surface area contributed by atoms with E-state index in [1.165, 1.54) is 0 Å². The molecule has 0 radical (unpaired) electrons. The van der Waals surface area contributed by atoms with Crippen LogP contribution in [0.2, 0.25) is 0 Å². The van der Waals surface area contributed by atoms with Crippen molar-refractivity contribution in [2.24, 2.45) is 4.99 Å². The summed E-state index contributed by atoms with van der Waals surface area (Å²) in [7, 11) is 0. The molecule has 0 atom stereocenters. The summed E-state index contributed by atoms with van der Waals surface area (Å²) < 4.78 is 0. The van der Waals surface area contributed by atoms with Gasteiger partial charge in [-0.2, -0.15) is 0 Å². The van der Waals surface area contributed by atoms with Crippen molar-refractivity contribution >= 4 is 17.3 Å². The van der Waals surface area contributed by atoms with Crippen LogP contribution < -0.4 is 0 Å². The average molecular weight is 145 g/mol. The molecule has 2 heteroatoms. The van der Waals surface area contributed by atoms with Crippen molar-refractivity contribution in [1.29, 1.82) is 0 Å². The summed E-state index contributed by atoms with van der Waals surface area (Å²) >= 11 is 1.58. The molecule has 54 valence electrons. The number of thioether (sulfide) groups is 1. The van der Waals surface area contributed by atoms with Crippen LogP contribution in [0.15, 0.2) is 17.3 Å². The largest absolute Gasteiger partial charge is 0.255 e. The number of allylic oxidation sites excluding steroid dienone is 1. The van der Waals surface area contributed by atoms with Gasteiger partial charge in [-0.1, -0.05) is 20.4 Å². The Balaban J connectivity index is 0. The van der Waals surface area contributed by atoms with Crippen molar-refractivity contribution in [1.82, 2.24) is 0 Å². The highest BCUT2D eigenvalue weighted by molar-refractivity contribution is 8.11. The van der Waals surface area contributed by atoms with E-state index in [1.54, 1.807) is 17.3 Å². The van der Waals surface area contributed by atoms with Crippen LogP contribution in [0.4, 0.5) is 0 Å². The van der Waals surface area contributed by atoms with Crippen LogP contribution >= 0.6 is 11.8 Å². The fourth-order valence-electron chi connectivity index (χ4n) is 0.143. The summed E-state index contributed by atoms with van der Waals surface area (Å²) in [5.74, 6) is 0. The van der Waals surface area contributed by atoms with E-state index >= 15 is 0 Å². The van der Waals surface area contributed by atoms with E-state index in [4.69, 9.17) is 0 Å². The molecule has 9 heavy (non-hydrogen) atoms. The quantitative estimate of drug-likeness (QED) is 0.430. The van der Waals surface area contributed by atoms with Gasteiger partial charge in [0.15, 0.2) is 0 Å². The molecule has 0 rings (SSSR count). The Morgan fingerprint density at radius 1 is 1.56 bits per heavy atom. The van der Waals surface area contributed by atoms with Gasteiger partial charge in [-0.05, 0) is 13.2 Å². The maximum Gasteiger partial charge on any atom is 0.0596 e. The van der Waals surface area contributed by atoms with Crippen LogP contribution in [-0.4, -0.2) is 11.8 Å². The minimum atomic E-state index is 0.856. The summed E-state index contributed by atoms with van der Waals surface area (Å²) in [6.07, 6.45) is 1.96. The second-order valence-corrected chi connectivity index (χ2v) is 1.89. The molecule has 0 aromatic carbocycles. The molecule has 1 nitrogen and oxygen atoms in total.